The molecule has 0 amide bonds. The first kappa shape index (κ1) is 14.1. The van der Waals surface area contributed by atoms with Crippen LogP contribution in [0.1, 0.15) is 0 Å². The standard InChI is InChI=1S/C17H12FN5O/c18-12-1-4-14(5-2-12)24-16-7-8-19-17(22-16)21-13-3-6-15-11(9-13)10-20-23-15/h1-10H,(H,20,23)(H,19,21,22). The maximum atomic E-state index is 12.9. The summed E-state index contributed by atoms with van der Waals surface area (Å²) in [4.78, 5) is 8.46. The van der Waals surface area contributed by atoms with Gasteiger partial charge in [0.2, 0.25) is 11.8 Å². The van der Waals surface area contributed by atoms with Gasteiger partial charge in [-0.05, 0) is 42.5 Å². The molecule has 0 spiro atoms. The zero-order chi connectivity index (χ0) is 16.4. The van der Waals surface area contributed by atoms with E-state index in [1.165, 1.54) is 24.3 Å². The summed E-state index contributed by atoms with van der Waals surface area (Å²) in [5.41, 5.74) is 1.79. The second-order valence-corrected chi connectivity index (χ2v) is 5.07. The summed E-state index contributed by atoms with van der Waals surface area (Å²) in [6, 6.07) is 13.1. The van der Waals surface area contributed by atoms with Crippen molar-refractivity contribution >= 4 is 22.5 Å². The molecule has 4 rings (SSSR count). The van der Waals surface area contributed by atoms with Crippen LogP contribution in [0.3, 0.4) is 0 Å². The molecule has 0 aliphatic rings. The molecule has 24 heavy (non-hydrogen) atoms. The molecule has 2 aromatic carbocycles. The lowest BCUT2D eigenvalue weighted by Gasteiger charge is -2.08. The fraction of sp³-hybridized carbons (Fsp3) is 0. The van der Waals surface area contributed by atoms with Crippen LogP contribution in [0.15, 0.2) is 60.9 Å². The SMILES string of the molecule is Fc1ccc(Oc2ccnc(Nc3ccc4[nH]ncc4c3)n2)cc1. The van der Waals surface area contributed by atoms with Gasteiger partial charge in [-0.25, -0.2) is 9.37 Å². The van der Waals surface area contributed by atoms with Crippen molar-refractivity contribution in [3.63, 3.8) is 0 Å². The molecule has 0 aliphatic carbocycles. The van der Waals surface area contributed by atoms with E-state index < -0.39 is 0 Å². The molecule has 2 N–H and O–H groups in total. The van der Waals surface area contributed by atoms with Gasteiger partial charge in [-0.2, -0.15) is 10.1 Å². The number of halogens is 1. The summed E-state index contributed by atoms with van der Waals surface area (Å²) in [5, 5.41) is 11.0. The highest BCUT2D eigenvalue weighted by atomic mass is 19.1. The minimum absolute atomic E-state index is 0.318. The summed E-state index contributed by atoms with van der Waals surface area (Å²) in [6.07, 6.45) is 3.33. The van der Waals surface area contributed by atoms with E-state index >= 15 is 0 Å². The van der Waals surface area contributed by atoms with Gasteiger partial charge in [0.15, 0.2) is 0 Å². The minimum Gasteiger partial charge on any atom is -0.439 e. The van der Waals surface area contributed by atoms with E-state index in [0.29, 0.717) is 17.6 Å². The van der Waals surface area contributed by atoms with Gasteiger partial charge in [0.1, 0.15) is 11.6 Å². The summed E-state index contributed by atoms with van der Waals surface area (Å²) >= 11 is 0. The predicted molar refractivity (Wildman–Crippen MR) is 87.9 cm³/mol. The number of fused-ring (bicyclic) bond motifs is 1. The zero-order valence-electron chi connectivity index (χ0n) is 12.4. The number of nitrogens with one attached hydrogen (secondary N) is 2. The van der Waals surface area contributed by atoms with E-state index in [9.17, 15) is 4.39 Å². The minimum atomic E-state index is -0.318. The van der Waals surface area contributed by atoms with Gasteiger partial charge in [-0.15, -0.1) is 0 Å². The molecule has 0 saturated heterocycles. The van der Waals surface area contributed by atoms with Gasteiger partial charge in [-0.3, -0.25) is 5.10 Å². The van der Waals surface area contributed by atoms with Crippen molar-refractivity contribution in [1.29, 1.82) is 0 Å². The maximum Gasteiger partial charge on any atom is 0.230 e. The molecule has 0 unspecified atom stereocenters. The van der Waals surface area contributed by atoms with Crippen molar-refractivity contribution in [2.45, 2.75) is 0 Å². The van der Waals surface area contributed by atoms with Crippen LogP contribution in [-0.2, 0) is 0 Å². The smallest absolute Gasteiger partial charge is 0.230 e. The number of hydrogen-bond donors (Lipinski definition) is 2. The van der Waals surface area contributed by atoms with Crippen molar-refractivity contribution in [2.75, 3.05) is 5.32 Å². The Labute approximate surface area is 136 Å². The number of nitrogens with zero attached hydrogens (tertiary/aromatic N) is 3. The van der Waals surface area contributed by atoms with E-state index in [1.54, 1.807) is 18.5 Å². The van der Waals surface area contributed by atoms with Crippen LogP contribution >= 0.6 is 0 Å². The van der Waals surface area contributed by atoms with Crippen molar-refractivity contribution in [1.82, 2.24) is 20.2 Å². The highest BCUT2D eigenvalue weighted by Crippen LogP contribution is 2.22. The van der Waals surface area contributed by atoms with Gasteiger partial charge in [0.05, 0.1) is 11.7 Å². The van der Waals surface area contributed by atoms with Gasteiger partial charge < -0.3 is 10.1 Å². The van der Waals surface area contributed by atoms with Crippen molar-refractivity contribution in [3.05, 3.63) is 66.7 Å². The van der Waals surface area contributed by atoms with Crippen molar-refractivity contribution in [3.8, 4) is 11.6 Å². The third-order valence-corrected chi connectivity index (χ3v) is 3.36. The molecule has 0 radical (unpaired) electrons. The Hall–Kier alpha value is -3.48. The molecule has 0 aliphatic heterocycles. The normalized spacial score (nSPS) is 10.7. The molecular weight excluding hydrogens is 309 g/mol. The van der Waals surface area contributed by atoms with Crippen LogP contribution < -0.4 is 10.1 Å². The number of H-pyrrole nitrogens is 1. The van der Waals surface area contributed by atoms with Crippen LogP contribution in [-0.4, -0.2) is 20.2 Å². The number of anilines is 2. The Kier molecular flexibility index (Phi) is 3.51. The molecule has 4 aromatic rings. The monoisotopic (exact) mass is 321 g/mol. The van der Waals surface area contributed by atoms with E-state index in [0.717, 1.165) is 16.6 Å². The molecule has 2 heterocycles. The lowest BCUT2D eigenvalue weighted by molar-refractivity contribution is 0.461. The molecule has 118 valence electrons. The van der Waals surface area contributed by atoms with E-state index in [-0.39, 0.29) is 5.82 Å². The molecule has 6 nitrogen and oxygen atoms in total. The molecule has 7 heteroatoms. The Morgan fingerprint density at radius 3 is 2.79 bits per heavy atom. The fourth-order valence-corrected chi connectivity index (χ4v) is 2.23. The van der Waals surface area contributed by atoms with Gasteiger partial charge in [-0.1, -0.05) is 0 Å². The van der Waals surface area contributed by atoms with E-state index in [2.05, 4.69) is 25.5 Å². The summed E-state index contributed by atoms with van der Waals surface area (Å²) in [7, 11) is 0. The van der Waals surface area contributed by atoms with Crippen LogP contribution in [0, 0.1) is 5.82 Å². The molecule has 0 bridgehead atoms. The van der Waals surface area contributed by atoms with Crippen LogP contribution in [0.5, 0.6) is 11.6 Å². The van der Waals surface area contributed by atoms with Gasteiger partial charge >= 0.3 is 0 Å². The average molecular weight is 321 g/mol. The second-order valence-electron chi connectivity index (χ2n) is 5.07. The largest absolute Gasteiger partial charge is 0.439 e. The van der Waals surface area contributed by atoms with Crippen LogP contribution in [0.25, 0.3) is 10.9 Å². The Morgan fingerprint density at radius 2 is 1.92 bits per heavy atom. The molecule has 2 aromatic heterocycles. The highest BCUT2D eigenvalue weighted by molar-refractivity contribution is 5.82. The topological polar surface area (TPSA) is 75.7 Å². The lowest BCUT2D eigenvalue weighted by Crippen LogP contribution is -1.98. The zero-order valence-corrected chi connectivity index (χ0v) is 12.4. The first-order chi connectivity index (χ1) is 11.8. The van der Waals surface area contributed by atoms with E-state index in [1.807, 2.05) is 18.2 Å². The second kappa shape index (κ2) is 5.96. The molecule has 0 fully saturated rings. The predicted octanol–water partition coefficient (Wildman–Crippen LogP) is 4.03. The Bertz CT molecular complexity index is 984. The van der Waals surface area contributed by atoms with Crippen LogP contribution in [0.4, 0.5) is 16.0 Å². The number of aromatic nitrogens is 4. The number of rotatable bonds is 4. The first-order valence-corrected chi connectivity index (χ1v) is 7.23. The number of hydrogen-bond acceptors (Lipinski definition) is 5. The third-order valence-electron chi connectivity index (χ3n) is 3.36. The van der Waals surface area contributed by atoms with Crippen LogP contribution in [0.2, 0.25) is 0 Å². The Morgan fingerprint density at radius 1 is 1.04 bits per heavy atom. The summed E-state index contributed by atoms with van der Waals surface area (Å²) < 4.78 is 18.5. The van der Waals surface area contributed by atoms with Gasteiger partial charge in [0.25, 0.3) is 0 Å². The summed E-state index contributed by atoms with van der Waals surface area (Å²) in [5.74, 6) is 0.948. The maximum absolute atomic E-state index is 12.9. The Balaban J connectivity index is 1.54. The van der Waals surface area contributed by atoms with Crippen molar-refractivity contribution in [2.24, 2.45) is 0 Å². The molecule has 0 atom stereocenters. The average Bonchev–Trinajstić information content (AvgIpc) is 3.05. The van der Waals surface area contributed by atoms with Crippen molar-refractivity contribution < 1.29 is 9.13 Å². The fourth-order valence-electron chi connectivity index (χ4n) is 2.23. The third kappa shape index (κ3) is 3.00. The number of ether oxygens (including phenoxy) is 1. The quantitative estimate of drug-likeness (QED) is 0.593. The molecule has 0 saturated carbocycles. The van der Waals surface area contributed by atoms with Gasteiger partial charge in [0, 0.05) is 23.3 Å². The molecular formula is C17H12FN5O. The number of benzene rings is 2. The summed E-state index contributed by atoms with van der Waals surface area (Å²) in [6.45, 7) is 0. The number of aromatic amines is 1. The van der Waals surface area contributed by atoms with E-state index in [4.69, 9.17) is 4.74 Å². The first-order valence-electron chi connectivity index (χ1n) is 7.23. The lowest BCUT2D eigenvalue weighted by atomic mass is 10.2. The highest BCUT2D eigenvalue weighted by Gasteiger charge is 2.04.